The van der Waals surface area contributed by atoms with Crippen LogP contribution in [0.3, 0.4) is 0 Å². The average Bonchev–Trinajstić information content (AvgIpc) is 2.86. The normalized spacial score (nSPS) is 17.1. The number of nitrogens with zero attached hydrogens (tertiary/aromatic N) is 1. The van der Waals surface area contributed by atoms with Crippen LogP contribution in [0.25, 0.3) is 0 Å². The Labute approximate surface area is 115 Å². The van der Waals surface area contributed by atoms with Crippen molar-refractivity contribution in [2.45, 2.75) is 32.2 Å². The van der Waals surface area contributed by atoms with E-state index in [1.807, 2.05) is 13.8 Å². The number of halogens is 2. The third kappa shape index (κ3) is 2.36. The predicted molar refractivity (Wildman–Crippen MR) is 73.3 cm³/mol. The van der Waals surface area contributed by atoms with E-state index in [2.05, 4.69) is 20.8 Å². The van der Waals surface area contributed by atoms with Gasteiger partial charge in [-0.2, -0.15) is 0 Å². The van der Waals surface area contributed by atoms with Crippen LogP contribution in [0.4, 0.5) is 4.39 Å². The van der Waals surface area contributed by atoms with Crippen LogP contribution in [-0.2, 0) is 0 Å². The molecule has 2 nitrogen and oxygen atoms in total. The van der Waals surface area contributed by atoms with E-state index in [-0.39, 0.29) is 11.3 Å². The molecule has 2 rings (SSSR count). The Balaban J connectivity index is 2.32. The van der Waals surface area contributed by atoms with E-state index in [0.717, 1.165) is 25.9 Å². The maximum atomic E-state index is 14.0. The molecule has 0 spiro atoms. The standard InChI is InChI=1S/C14H17BrFNO/c1-14(2,17-8-3-4-9-17)13(18)10-6-5-7-11(15)12(10)16/h5-7H,3-4,8-9H2,1-2H3. The van der Waals surface area contributed by atoms with Crippen LogP contribution in [0.15, 0.2) is 22.7 Å². The quantitative estimate of drug-likeness (QED) is 0.794. The number of benzene rings is 1. The maximum absolute atomic E-state index is 14.0. The van der Waals surface area contributed by atoms with Crippen molar-refractivity contribution in [3.8, 4) is 0 Å². The van der Waals surface area contributed by atoms with Crippen LogP contribution < -0.4 is 0 Å². The van der Waals surface area contributed by atoms with Crippen LogP contribution >= 0.6 is 15.9 Å². The number of ketones is 1. The third-order valence-electron chi connectivity index (χ3n) is 3.65. The SMILES string of the molecule is CC(C)(C(=O)c1cccc(Br)c1F)N1CCCC1. The summed E-state index contributed by atoms with van der Waals surface area (Å²) < 4.78 is 14.3. The van der Waals surface area contributed by atoms with Crippen molar-refractivity contribution in [1.82, 2.24) is 4.90 Å². The summed E-state index contributed by atoms with van der Waals surface area (Å²) in [7, 11) is 0. The van der Waals surface area contributed by atoms with Gasteiger partial charge < -0.3 is 0 Å². The van der Waals surface area contributed by atoms with E-state index < -0.39 is 11.4 Å². The molecule has 1 fully saturated rings. The number of carbonyl (C=O) groups is 1. The molecular weight excluding hydrogens is 297 g/mol. The van der Waals surface area contributed by atoms with Gasteiger partial charge >= 0.3 is 0 Å². The fourth-order valence-electron chi connectivity index (χ4n) is 2.43. The number of hydrogen-bond donors (Lipinski definition) is 0. The Morgan fingerprint density at radius 1 is 1.33 bits per heavy atom. The highest BCUT2D eigenvalue weighted by atomic mass is 79.9. The molecule has 1 saturated heterocycles. The second-order valence-corrected chi connectivity index (χ2v) is 6.04. The number of rotatable bonds is 3. The topological polar surface area (TPSA) is 20.3 Å². The van der Waals surface area contributed by atoms with Crippen molar-refractivity contribution in [3.63, 3.8) is 0 Å². The van der Waals surface area contributed by atoms with Gasteiger partial charge in [-0.3, -0.25) is 9.69 Å². The van der Waals surface area contributed by atoms with Gasteiger partial charge in [0, 0.05) is 0 Å². The van der Waals surface area contributed by atoms with Crippen LogP contribution in [0, 0.1) is 5.82 Å². The lowest BCUT2D eigenvalue weighted by molar-refractivity contribution is 0.0698. The van der Waals surface area contributed by atoms with Gasteiger partial charge in [-0.1, -0.05) is 6.07 Å². The molecule has 4 heteroatoms. The van der Waals surface area contributed by atoms with Crippen molar-refractivity contribution < 1.29 is 9.18 Å². The van der Waals surface area contributed by atoms with Crippen LogP contribution in [0.2, 0.25) is 0 Å². The smallest absolute Gasteiger partial charge is 0.185 e. The summed E-state index contributed by atoms with van der Waals surface area (Å²) in [5.41, 5.74) is -0.473. The summed E-state index contributed by atoms with van der Waals surface area (Å²) in [4.78, 5) is 14.7. The van der Waals surface area contributed by atoms with Gasteiger partial charge in [-0.15, -0.1) is 0 Å². The zero-order chi connectivity index (χ0) is 13.3. The fraction of sp³-hybridized carbons (Fsp3) is 0.500. The number of Topliss-reactive ketones (excluding diaryl/α,β-unsaturated/α-hetero) is 1. The lowest BCUT2D eigenvalue weighted by atomic mass is 9.91. The Morgan fingerprint density at radius 2 is 1.94 bits per heavy atom. The first kappa shape index (κ1) is 13.7. The molecule has 0 aromatic heterocycles. The molecule has 0 aliphatic carbocycles. The van der Waals surface area contributed by atoms with Crippen molar-refractivity contribution in [2.24, 2.45) is 0 Å². The highest BCUT2D eigenvalue weighted by Gasteiger charge is 2.37. The van der Waals surface area contributed by atoms with Gasteiger partial charge in [-0.05, 0) is 67.8 Å². The highest BCUT2D eigenvalue weighted by Crippen LogP contribution is 2.28. The fourth-order valence-corrected chi connectivity index (χ4v) is 2.79. The van der Waals surface area contributed by atoms with Gasteiger partial charge in [0.15, 0.2) is 5.78 Å². The summed E-state index contributed by atoms with van der Waals surface area (Å²) in [6.45, 7) is 5.57. The van der Waals surface area contributed by atoms with Gasteiger partial charge in [0.1, 0.15) is 5.82 Å². The largest absolute Gasteiger partial charge is 0.292 e. The lowest BCUT2D eigenvalue weighted by Gasteiger charge is -2.34. The minimum atomic E-state index is -0.641. The molecule has 1 aromatic carbocycles. The molecule has 0 N–H and O–H groups in total. The third-order valence-corrected chi connectivity index (χ3v) is 4.26. The van der Waals surface area contributed by atoms with Crippen LogP contribution in [0.1, 0.15) is 37.0 Å². The minimum absolute atomic E-state index is 0.150. The molecule has 1 aliphatic heterocycles. The molecule has 0 saturated carbocycles. The van der Waals surface area contributed by atoms with Gasteiger partial charge in [0.2, 0.25) is 0 Å². The van der Waals surface area contributed by atoms with E-state index in [9.17, 15) is 9.18 Å². The number of likely N-dealkylation sites (tertiary alicyclic amines) is 1. The second-order valence-electron chi connectivity index (χ2n) is 5.18. The molecule has 1 heterocycles. The first-order valence-electron chi connectivity index (χ1n) is 6.18. The molecule has 98 valence electrons. The summed E-state index contributed by atoms with van der Waals surface area (Å²) in [5, 5.41) is 0. The molecule has 0 atom stereocenters. The molecule has 18 heavy (non-hydrogen) atoms. The van der Waals surface area contributed by atoms with E-state index in [1.54, 1.807) is 18.2 Å². The number of hydrogen-bond acceptors (Lipinski definition) is 2. The molecule has 1 aromatic rings. The van der Waals surface area contributed by atoms with Crippen molar-refractivity contribution in [2.75, 3.05) is 13.1 Å². The summed E-state index contributed by atoms with van der Waals surface area (Å²) in [6, 6.07) is 4.86. The maximum Gasteiger partial charge on any atom is 0.185 e. The molecule has 0 bridgehead atoms. The summed E-state index contributed by atoms with van der Waals surface area (Å²) in [5.74, 6) is -0.613. The van der Waals surface area contributed by atoms with Crippen LogP contribution in [-0.4, -0.2) is 29.3 Å². The minimum Gasteiger partial charge on any atom is -0.292 e. The lowest BCUT2D eigenvalue weighted by Crippen LogP contribution is -2.48. The van der Waals surface area contributed by atoms with Gasteiger partial charge in [0.05, 0.1) is 15.6 Å². The van der Waals surface area contributed by atoms with Gasteiger partial charge in [0.25, 0.3) is 0 Å². The Hall–Kier alpha value is -0.740. The number of carbonyl (C=O) groups excluding carboxylic acids is 1. The van der Waals surface area contributed by atoms with E-state index in [4.69, 9.17) is 0 Å². The van der Waals surface area contributed by atoms with Gasteiger partial charge in [-0.25, -0.2) is 4.39 Å². The summed E-state index contributed by atoms with van der Waals surface area (Å²) in [6.07, 6.45) is 2.22. The van der Waals surface area contributed by atoms with E-state index in [0.29, 0.717) is 4.47 Å². The summed E-state index contributed by atoms with van der Waals surface area (Å²) >= 11 is 3.12. The Morgan fingerprint density at radius 3 is 2.56 bits per heavy atom. The van der Waals surface area contributed by atoms with Crippen molar-refractivity contribution >= 4 is 21.7 Å². The predicted octanol–water partition coefficient (Wildman–Crippen LogP) is 3.65. The monoisotopic (exact) mass is 313 g/mol. The van der Waals surface area contributed by atoms with Crippen molar-refractivity contribution in [1.29, 1.82) is 0 Å². The molecule has 0 amide bonds. The van der Waals surface area contributed by atoms with Crippen molar-refractivity contribution in [3.05, 3.63) is 34.1 Å². The van der Waals surface area contributed by atoms with E-state index >= 15 is 0 Å². The van der Waals surface area contributed by atoms with E-state index in [1.165, 1.54) is 0 Å². The molecule has 1 aliphatic rings. The first-order chi connectivity index (χ1) is 8.44. The average molecular weight is 314 g/mol. The zero-order valence-electron chi connectivity index (χ0n) is 10.7. The first-order valence-corrected chi connectivity index (χ1v) is 6.98. The Kier molecular flexibility index (Phi) is 3.87. The highest BCUT2D eigenvalue weighted by molar-refractivity contribution is 9.10. The zero-order valence-corrected chi connectivity index (χ0v) is 12.3. The Bertz CT molecular complexity index is 467. The molecule has 0 radical (unpaired) electrons. The molecular formula is C14H17BrFNO. The molecule has 0 unspecified atom stereocenters. The second kappa shape index (κ2) is 5.10. The van der Waals surface area contributed by atoms with Crippen LogP contribution in [0.5, 0.6) is 0 Å².